The molecule has 2 amide bonds. The molecule has 0 saturated heterocycles. The van der Waals surface area contributed by atoms with E-state index in [9.17, 15) is 18.0 Å². The lowest BCUT2D eigenvalue weighted by molar-refractivity contribution is -0.139. The Bertz CT molecular complexity index is 1450. The first-order chi connectivity index (χ1) is 19.5. The third-order valence-electron chi connectivity index (χ3n) is 6.53. The molecule has 3 rings (SSSR count). The largest absolute Gasteiger partial charge is 0.497 e. The number of halogens is 1. The van der Waals surface area contributed by atoms with Gasteiger partial charge in [0, 0.05) is 18.1 Å². The summed E-state index contributed by atoms with van der Waals surface area (Å²) in [4.78, 5) is 28.4. The molecule has 0 aliphatic rings. The van der Waals surface area contributed by atoms with Gasteiger partial charge in [0.25, 0.3) is 10.0 Å². The number of nitrogens with zero attached hydrogens (tertiary/aromatic N) is 2. The van der Waals surface area contributed by atoms with Gasteiger partial charge >= 0.3 is 0 Å². The maximum absolute atomic E-state index is 14.0. The van der Waals surface area contributed by atoms with Crippen LogP contribution in [0.15, 0.2) is 71.6 Å². The molecule has 0 aliphatic heterocycles. The van der Waals surface area contributed by atoms with Crippen LogP contribution in [0, 0.1) is 6.92 Å². The fourth-order valence-corrected chi connectivity index (χ4v) is 5.70. The predicted molar refractivity (Wildman–Crippen MR) is 160 cm³/mol. The predicted octanol–water partition coefficient (Wildman–Crippen LogP) is 4.80. The van der Waals surface area contributed by atoms with E-state index >= 15 is 0 Å². The summed E-state index contributed by atoms with van der Waals surface area (Å²) in [5, 5.41) is 3.09. The minimum absolute atomic E-state index is 0.00614. The zero-order chi connectivity index (χ0) is 30.2. The molecular weight excluding hydrogens is 566 g/mol. The van der Waals surface area contributed by atoms with Gasteiger partial charge in [-0.3, -0.25) is 13.9 Å². The highest BCUT2D eigenvalue weighted by molar-refractivity contribution is 7.92. The Hall–Kier alpha value is -3.76. The van der Waals surface area contributed by atoms with Gasteiger partial charge < -0.3 is 19.7 Å². The van der Waals surface area contributed by atoms with Crippen molar-refractivity contribution in [2.45, 2.75) is 44.7 Å². The molecule has 1 N–H and O–H groups in total. The third kappa shape index (κ3) is 7.92. The lowest BCUT2D eigenvalue weighted by Gasteiger charge is -2.32. The molecular formula is C30H36ClN3O6S. The quantitative estimate of drug-likeness (QED) is 0.302. The molecule has 0 saturated carbocycles. The Kier molecular flexibility index (Phi) is 11.0. The van der Waals surface area contributed by atoms with E-state index in [0.717, 1.165) is 21.9 Å². The molecule has 3 aromatic rings. The maximum atomic E-state index is 14.0. The minimum Gasteiger partial charge on any atom is -0.497 e. The summed E-state index contributed by atoms with van der Waals surface area (Å²) in [7, 11) is -1.30. The summed E-state index contributed by atoms with van der Waals surface area (Å²) in [5.41, 5.74) is 1.72. The van der Waals surface area contributed by atoms with Crippen molar-refractivity contribution in [3.63, 3.8) is 0 Å². The van der Waals surface area contributed by atoms with Crippen LogP contribution in [0.5, 0.6) is 11.5 Å². The number of benzene rings is 3. The molecule has 0 fully saturated rings. The first kappa shape index (κ1) is 31.8. The Morgan fingerprint density at radius 2 is 1.63 bits per heavy atom. The molecule has 220 valence electrons. The monoisotopic (exact) mass is 601 g/mol. The third-order valence-corrected chi connectivity index (χ3v) is 8.53. The molecule has 9 nitrogen and oxygen atoms in total. The first-order valence-electron chi connectivity index (χ1n) is 13.1. The maximum Gasteiger partial charge on any atom is 0.264 e. The van der Waals surface area contributed by atoms with E-state index in [-0.39, 0.29) is 33.8 Å². The molecule has 0 heterocycles. The van der Waals surface area contributed by atoms with Gasteiger partial charge in [0.05, 0.1) is 24.8 Å². The normalized spacial score (nSPS) is 11.9. The number of nitrogens with one attached hydrogen (secondary N) is 1. The summed E-state index contributed by atoms with van der Waals surface area (Å²) in [6.07, 6.45) is 0.724. The molecule has 0 aromatic heterocycles. The smallest absolute Gasteiger partial charge is 0.264 e. The summed E-state index contributed by atoms with van der Waals surface area (Å²) in [6.45, 7) is 5.30. The number of anilines is 1. The van der Waals surface area contributed by atoms with Crippen LogP contribution in [0.3, 0.4) is 0 Å². The fraction of sp³-hybridized carbons (Fsp3) is 0.333. The molecule has 0 unspecified atom stereocenters. The number of rotatable bonds is 13. The van der Waals surface area contributed by atoms with E-state index < -0.39 is 28.5 Å². The van der Waals surface area contributed by atoms with E-state index in [1.807, 2.05) is 13.8 Å². The zero-order valence-electron chi connectivity index (χ0n) is 23.9. The van der Waals surface area contributed by atoms with Crippen molar-refractivity contribution in [3.8, 4) is 11.5 Å². The highest BCUT2D eigenvalue weighted by Crippen LogP contribution is 2.35. The van der Waals surface area contributed by atoms with Crippen LogP contribution in [-0.2, 0) is 26.2 Å². The van der Waals surface area contributed by atoms with Crippen LogP contribution in [-0.4, -0.2) is 58.5 Å². The first-order valence-corrected chi connectivity index (χ1v) is 15.0. The van der Waals surface area contributed by atoms with Gasteiger partial charge in [-0.25, -0.2) is 8.42 Å². The van der Waals surface area contributed by atoms with E-state index in [2.05, 4.69) is 5.32 Å². The second-order valence-electron chi connectivity index (χ2n) is 9.48. The summed E-state index contributed by atoms with van der Waals surface area (Å²) in [5.74, 6) is -0.0724. The van der Waals surface area contributed by atoms with Crippen molar-refractivity contribution in [2.24, 2.45) is 0 Å². The number of carbonyl (C=O) groups excluding carboxylic acids is 2. The highest BCUT2D eigenvalue weighted by Gasteiger charge is 2.34. The summed E-state index contributed by atoms with van der Waals surface area (Å²) >= 11 is 6.27. The number of carbonyl (C=O) groups is 2. The second kappa shape index (κ2) is 14.2. The van der Waals surface area contributed by atoms with Crippen molar-refractivity contribution < 1.29 is 27.5 Å². The zero-order valence-corrected chi connectivity index (χ0v) is 25.5. The van der Waals surface area contributed by atoms with Gasteiger partial charge in [-0.15, -0.1) is 0 Å². The van der Waals surface area contributed by atoms with Gasteiger partial charge in [0.1, 0.15) is 24.1 Å². The number of aryl methyl sites for hydroxylation is 1. The van der Waals surface area contributed by atoms with Crippen LogP contribution in [0.2, 0.25) is 5.02 Å². The van der Waals surface area contributed by atoms with Gasteiger partial charge in [-0.05, 0) is 68.3 Å². The molecule has 41 heavy (non-hydrogen) atoms. The summed E-state index contributed by atoms with van der Waals surface area (Å²) in [6, 6.07) is 17.1. The Morgan fingerprint density at radius 1 is 0.976 bits per heavy atom. The molecule has 1 atom stereocenters. The summed E-state index contributed by atoms with van der Waals surface area (Å²) < 4.78 is 39.7. The number of hydrogen-bond donors (Lipinski definition) is 1. The van der Waals surface area contributed by atoms with Crippen molar-refractivity contribution in [1.29, 1.82) is 0 Å². The topological polar surface area (TPSA) is 105 Å². The van der Waals surface area contributed by atoms with Gasteiger partial charge in [0.2, 0.25) is 11.8 Å². The Morgan fingerprint density at radius 3 is 2.22 bits per heavy atom. The standard InChI is InChI=1S/C30H36ClN3O6S/c1-6-17-32-30(36)22(3)33(19-23-9-12-25(39-4)13-10-23)29(35)20-34(27-18-24(31)11-16-28(27)40-5)41(37,38)26-14-7-21(2)8-15-26/h7-16,18,22H,6,17,19-20H2,1-5H3,(H,32,36)/t22-/m0/s1. The van der Waals surface area contributed by atoms with E-state index in [1.165, 1.54) is 36.3 Å². The molecule has 0 bridgehead atoms. The fourth-order valence-electron chi connectivity index (χ4n) is 4.12. The van der Waals surface area contributed by atoms with Crippen molar-refractivity contribution in [2.75, 3.05) is 31.6 Å². The van der Waals surface area contributed by atoms with Crippen molar-refractivity contribution in [3.05, 3.63) is 82.9 Å². The molecule has 0 aliphatic carbocycles. The highest BCUT2D eigenvalue weighted by atomic mass is 35.5. The van der Waals surface area contributed by atoms with E-state index in [1.54, 1.807) is 56.5 Å². The van der Waals surface area contributed by atoms with E-state index in [0.29, 0.717) is 12.3 Å². The van der Waals surface area contributed by atoms with Gasteiger partial charge in [-0.2, -0.15) is 0 Å². The lowest BCUT2D eigenvalue weighted by atomic mass is 10.1. The molecule has 0 radical (unpaired) electrons. The second-order valence-corrected chi connectivity index (χ2v) is 11.8. The Balaban J connectivity index is 2.08. The van der Waals surface area contributed by atoms with Gasteiger partial charge in [0.15, 0.2) is 0 Å². The van der Waals surface area contributed by atoms with Crippen LogP contribution in [0.4, 0.5) is 5.69 Å². The molecule has 3 aromatic carbocycles. The van der Waals surface area contributed by atoms with Crippen molar-refractivity contribution in [1.82, 2.24) is 10.2 Å². The Labute approximate surface area is 247 Å². The molecule has 11 heteroatoms. The number of methoxy groups -OCH3 is 2. The minimum atomic E-state index is -4.26. The SMILES string of the molecule is CCCNC(=O)[C@H](C)N(Cc1ccc(OC)cc1)C(=O)CN(c1cc(Cl)ccc1OC)S(=O)(=O)c1ccc(C)cc1. The van der Waals surface area contributed by atoms with Crippen LogP contribution in [0.1, 0.15) is 31.4 Å². The van der Waals surface area contributed by atoms with Crippen LogP contribution < -0.4 is 19.1 Å². The van der Waals surface area contributed by atoms with Gasteiger partial charge in [-0.1, -0.05) is 48.4 Å². The van der Waals surface area contributed by atoms with Crippen LogP contribution in [0.25, 0.3) is 0 Å². The van der Waals surface area contributed by atoms with Crippen LogP contribution >= 0.6 is 11.6 Å². The van der Waals surface area contributed by atoms with E-state index in [4.69, 9.17) is 21.1 Å². The number of ether oxygens (including phenoxy) is 2. The number of sulfonamides is 1. The number of hydrogen-bond acceptors (Lipinski definition) is 6. The average molecular weight is 602 g/mol. The average Bonchev–Trinajstić information content (AvgIpc) is 2.97. The lowest BCUT2D eigenvalue weighted by Crippen LogP contribution is -2.51. The van der Waals surface area contributed by atoms with Crippen molar-refractivity contribution >= 4 is 39.1 Å². The number of amides is 2. The molecule has 0 spiro atoms.